The molecule has 6 heteroatoms. The van der Waals surface area contributed by atoms with Gasteiger partial charge in [0.2, 0.25) is 17.7 Å². The second-order valence-corrected chi connectivity index (χ2v) is 5.83. The SMILES string of the molecule is O=C1CCN(C(=O)CN2C(=O)C3CCCC3C2=O)CC1. The fourth-order valence-corrected chi connectivity index (χ4v) is 3.46. The number of fused-ring (bicyclic) bond motifs is 1. The van der Waals surface area contributed by atoms with E-state index in [0.717, 1.165) is 24.2 Å². The molecule has 3 amide bonds. The highest BCUT2D eigenvalue weighted by molar-refractivity contribution is 6.07. The van der Waals surface area contributed by atoms with Gasteiger partial charge in [0.15, 0.2) is 0 Å². The molecule has 2 aliphatic heterocycles. The van der Waals surface area contributed by atoms with Crippen LogP contribution < -0.4 is 0 Å². The molecule has 2 unspecified atom stereocenters. The standard InChI is InChI=1S/C14H18N2O4/c17-9-4-6-15(7-5-9)12(18)8-16-13(19)10-2-1-3-11(10)14(16)20/h10-11H,1-8H2. The number of imide groups is 1. The maximum absolute atomic E-state index is 12.1. The van der Waals surface area contributed by atoms with Gasteiger partial charge in [0.05, 0.1) is 11.8 Å². The zero-order valence-corrected chi connectivity index (χ0v) is 11.3. The van der Waals surface area contributed by atoms with Gasteiger partial charge in [-0.05, 0) is 12.8 Å². The van der Waals surface area contributed by atoms with Crippen LogP contribution in [0.15, 0.2) is 0 Å². The van der Waals surface area contributed by atoms with E-state index in [0.29, 0.717) is 25.9 Å². The lowest BCUT2D eigenvalue weighted by Crippen LogP contribution is -2.46. The molecule has 0 aromatic rings. The third-order valence-electron chi connectivity index (χ3n) is 4.65. The number of amides is 3. The van der Waals surface area contributed by atoms with Gasteiger partial charge in [-0.2, -0.15) is 0 Å². The number of nitrogens with zero attached hydrogens (tertiary/aromatic N) is 2. The molecule has 108 valence electrons. The number of Topliss-reactive ketones (excluding diaryl/α,β-unsaturated/α-hetero) is 1. The molecule has 6 nitrogen and oxygen atoms in total. The van der Waals surface area contributed by atoms with Crippen molar-refractivity contribution >= 4 is 23.5 Å². The first-order valence-corrected chi connectivity index (χ1v) is 7.22. The van der Waals surface area contributed by atoms with Crippen molar-refractivity contribution in [1.29, 1.82) is 0 Å². The highest BCUT2D eigenvalue weighted by Crippen LogP contribution is 2.39. The molecule has 0 spiro atoms. The predicted octanol–water partition coefficient (Wildman–Crippen LogP) is -0.0370. The van der Waals surface area contributed by atoms with Gasteiger partial charge in [-0.3, -0.25) is 24.1 Å². The summed E-state index contributed by atoms with van der Waals surface area (Å²) in [4.78, 5) is 50.3. The first-order valence-electron chi connectivity index (χ1n) is 7.22. The van der Waals surface area contributed by atoms with Crippen molar-refractivity contribution in [1.82, 2.24) is 9.80 Å². The predicted molar refractivity (Wildman–Crippen MR) is 68.4 cm³/mol. The molecule has 20 heavy (non-hydrogen) atoms. The van der Waals surface area contributed by atoms with Crippen LogP contribution in [-0.2, 0) is 19.2 Å². The average Bonchev–Trinajstić information content (AvgIpc) is 2.99. The number of ketones is 1. The molecule has 0 N–H and O–H groups in total. The number of likely N-dealkylation sites (tertiary alicyclic amines) is 2. The van der Waals surface area contributed by atoms with E-state index >= 15 is 0 Å². The van der Waals surface area contributed by atoms with Crippen LogP contribution in [0.25, 0.3) is 0 Å². The second kappa shape index (κ2) is 5.00. The van der Waals surface area contributed by atoms with E-state index < -0.39 is 0 Å². The Labute approximate surface area is 117 Å². The lowest BCUT2D eigenvalue weighted by molar-refractivity contribution is -0.147. The van der Waals surface area contributed by atoms with E-state index in [-0.39, 0.29) is 41.9 Å². The summed E-state index contributed by atoms with van der Waals surface area (Å²) in [6.45, 7) is 0.653. The minimum atomic E-state index is -0.223. The van der Waals surface area contributed by atoms with Crippen LogP contribution in [0.3, 0.4) is 0 Å². The van der Waals surface area contributed by atoms with Gasteiger partial charge < -0.3 is 4.90 Å². The van der Waals surface area contributed by atoms with Gasteiger partial charge in [-0.15, -0.1) is 0 Å². The summed E-state index contributed by atoms with van der Waals surface area (Å²) in [7, 11) is 0. The summed E-state index contributed by atoms with van der Waals surface area (Å²) in [5.74, 6) is -0.814. The van der Waals surface area contributed by atoms with Crippen LogP contribution in [0.2, 0.25) is 0 Å². The summed E-state index contributed by atoms with van der Waals surface area (Å²) in [5.41, 5.74) is 0. The Hall–Kier alpha value is -1.72. The molecular weight excluding hydrogens is 260 g/mol. The number of carbonyl (C=O) groups excluding carboxylic acids is 4. The van der Waals surface area contributed by atoms with Crippen LogP contribution >= 0.6 is 0 Å². The van der Waals surface area contributed by atoms with Gasteiger partial charge in [0.25, 0.3) is 0 Å². The van der Waals surface area contributed by atoms with Gasteiger partial charge in [0, 0.05) is 25.9 Å². The molecule has 0 aromatic heterocycles. The number of hydrogen-bond acceptors (Lipinski definition) is 4. The molecule has 1 aliphatic carbocycles. The summed E-state index contributed by atoms with van der Waals surface area (Å²) >= 11 is 0. The largest absolute Gasteiger partial charge is 0.340 e. The lowest BCUT2D eigenvalue weighted by Gasteiger charge is -2.27. The molecule has 3 rings (SSSR count). The van der Waals surface area contributed by atoms with Crippen LogP contribution in [0.1, 0.15) is 32.1 Å². The Bertz CT molecular complexity index is 456. The Balaban J connectivity index is 1.63. The van der Waals surface area contributed by atoms with E-state index in [2.05, 4.69) is 0 Å². The van der Waals surface area contributed by atoms with Crippen LogP contribution in [0.5, 0.6) is 0 Å². The second-order valence-electron chi connectivity index (χ2n) is 5.83. The normalized spacial score (nSPS) is 30.1. The molecular formula is C14H18N2O4. The third-order valence-corrected chi connectivity index (χ3v) is 4.65. The zero-order chi connectivity index (χ0) is 14.3. The topological polar surface area (TPSA) is 74.8 Å². The Morgan fingerprint density at radius 2 is 1.55 bits per heavy atom. The van der Waals surface area contributed by atoms with Gasteiger partial charge in [-0.25, -0.2) is 0 Å². The Morgan fingerprint density at radius 1 is 1.00 bits per heavy atom. The molecule has 0 aromatic carbocycles. The maximum Gasteiger partial charge on any atom is 0.242 e. The van der Waals surface area contributed by atoms with Crippen molar-refractivity contribution in [2.24, 2.45) is 11.8 Å². The first-order chi connectivity index (χ1) is 9.58. The number of carbonyl (C=O) groups is 4. The molecule has 0 bridgehead atoms. The van der Waals surface area contributed by atoms with Crippen LogP contribution in [0, 0.1) is 11.8 Å². The fourth-order valence-electron chi connectivity index (χ4n) is 3.46. The maximum atomic E-state index is 12.1. The van der Waals surface area contributed by atoms with Crippen molar-refractivity contribution in [3.8, 4) is 0 Å². The summed E-state index contributed by atoms with van der Waals surface area (Å²) in [6.07, 6.45) is 3.19. The minimum absolute atomic E-state index is 0.154. The smallest absolute Gasteiger partial charge is 0.242 e. The van der Waals surface area contributed by atoms with E-state index in [1.807, 2.05) is 0 Å². The van der Waals surface area contributed by atoms with Crippen LogP contribution in [-0.4, -0.2) is 52.9 Å². The number of piperidine rings is 1. The summed E-state index contributed by atoms with van der Waals surface area (Å²) in [6, 6.07) is 0. The molecule has 0 radical (unpaired) electrons. The first kappa shape index (κ1) is 13.3. The summed E-state index contributed by atoms with van der Waals surface area (Å²) < 4.78 is 0. The zero-order valence-electron chi connectivity index (χ0n) is 11.3. The monoisotopic (exact) mass is 278 g/mol. The van der Waals surface area contributed by atoms with Crippen molar-refractivity contribution < 1.29 is 19.2 Å². The van der Waals surface area contributed by atoms with E-state index in [9.17, 15) is 19.2 Å². The highest BCUT2D eigenvalue weighted by Gasteiger charge is 2.50. The number of hydrogen-bond donors (Lipinski definition) is 0. The fraction of sp³-hybridized carbons (Fsp3) is 0.714. The average molecular weight is 278 g/mol. The third kappa shape index (κ3) is 2.13. The van der Waals surface area contributed by atoms with Gasteiger partial charge in [-0.1, -0.05) is 6.42 Å². The highest BCUT2D eigenvalue weighted by atomic mass is 16.2. The van der Waals surface area contributed by atoms with E-state index in [4.69, 9.17) is 0 Å². The van der Waals surface area contributed by atoms with Crippen LogP contribution in [0.4, 0.5) is 0 Å². The molecule has 2 heterocycles. The molecule has 3 aliphatic rings. The van der Waals surface area contributed by atoms with Gasteiger partial charge >= 0.3 is 0 Å². The Morgan fingerprint density at radius 3 is 2.10 bits per heavy atom. The molecule has 3 fully saturated rings. The van der Waals surface area contributed by atoms with Gasteiger partial charge in [0.1, 0.15) is 12.3 Å². The minimum Gasteiger partial charge on any atom is -0.340 e. The van der Waals surface area contributed by atoms with E-state index in [1.165, 1.54) is 0 Å². The lowest BCUT2D eigenvalue weighted by atomic mass is 10.00. The molecule has 1 saturated carbocycles. The Kier molecular flexibility index (Phi) is 3.31. The van der Waals surface area contributed by atoms with Crippen molar-refractivity contribution in [3.05, 3.63) is 0 Å². The number of rotatable bonds is 2. The van der Waals surface area contributed by atoms with Crippen molar-refractivity contribution in [2.45, 2.75) is 32.1 Å². The molecule has 2 saturated heterocycles. The quantitative estimate of drug-likeness (QED) is 0.664. The van der Waals surface area contributed by atoms with Crippen molar-refractivity contribution in [3.63, 3.8) is 0 Å². The summed E-state index contributed by atoms with van der Waals surface area (Å²) in [5, 5.41) is 0. The van der Waals surface area contributed by atoms with Crippen molar-refractivity contribution in [2.75, 3.05) is 19.6 Å². The van der Waals surface area contributed by atoms with E-state index in [1.54, 1.807) is 4.90 Å². The molecule has 2 atom stereocenters.